The summed E-state index contributed by atoms with van der Waals surface area (Å²) in [7, 11) is 1.66. The first-order valence-corrected chi connectivity index (χ1v) is 9.05. The topological polar surface area (TPSA) is 39.4 Å². The Kier molecular flexibility index (Phi) is 4.62. The van der Waals surface area contributed by atoms with Crippen LogP contribution in [-0.4, -0.2) is 16.9 Å². The van der Waals surface area contributed by atoms with Crippen molar-refractivity contribution in [3.05, 3.63) is 89.7 Å². The second-order valence-electron chi connectivity index (χ2n) is 5.61. The van der Waals surface area contributed by atoms with Crippen molar-refractivity contribution < 1.29 is 4.74 Å². The van der Waals surface area contributed by atoms with Gasteiger partial charge in [0.25, 0.3) is 0 Å². The van der Waals surface area contributed by atoms with Gasteiger partial charge in [-0.1, -0.05) is 59.9 Å². The fraction of sp³-hybridized carbons (Fsp3) is 0.0476. The Morgan fingerprint density at radius 1 is 0.846 bits per heavy atom. The Labute approximate surface area is 155 Å². The second-order valence-corrected chi connectivity index (χ2v) is 6.57. The van der Waals surface area contributed by atoms with Crippen molar-refractivity contribution in [1.82, 2.24) is 9.78 Å². The van der Waals surface area contributed by atoms with E-state index in [0.717, 1.165) is 32.5 Å². The van der Waals surface area contributed by atoms with Gasteiger partial charge in [0, 0.05) is 5.56 Å². The van der Waals surface area contributed by atoms with Gasteiger partial charge in [-0.2, -0.15) is 5.10 Å². The van der Waals surface area contributed by atoms with E-state index in [0.29, 0.717) is 0 Å². The molecule has 5 heteroatoms. The monoisotopic (exact) mass is 359 g/mol. The normalized spacial score (nSPS) is 11.5. The molecule has 0 saturated heterocycles. The predicted molar refractivity (Wildman–Crippen MR) is 105 cm³/mol. The summed E-state index contributed by atoms with van der Waals surface area (Å²) >= 11 is 1.57. The molecular formula is C21H17N3OS. The number of hydrogen-bond donors (Lipinski definition) is 0. The van der Waals surface area contributed by atoms with Crippen LogP contribution in [0.4, 0.5) is 5.69 Å². The Morgan fingerprint density at radius 3 is 2.15 bits per heavy atom. The van der Waals surface area contributed by atoms with Crippen LogP contribution in [0.2, 0.25) is 0 Å². The van der Waals surface area contributed by atoms with Crippen LogP contribution in [0.3, 0.4) is 0 Å². The van der Waals surface area contributed by atoms with Gasteiger partial charge in [-0.15, -0.1) is 0 Å². The molecule has 0 spiro atoms. The molecule has 0 atom stereocenters. The molecule has 0 amide bonds. The van der Waals surface area contributed by atoms with E-state index < -0.39 is 0 Å². The van der Waals surface area contributed by atoms with E-state index >= 15 is 0 Å². The minimum absolute atomic E-state index is 0.814. The summed E-state index contributed by atoms with van der Waals surface area (Å²) in [6.07, 6.45) is 0. The summed E-state index contributed by atoms with van der Waals surface area (Å²) < 4.78 is 7.13. The average molecular weight is 359 g/mol. The molecule has 1 aromatic heterocycles. The molecule has 4 aromatic rings. The van der Waals surface area contributed by atoms with E-state index in [4.69, 9.17) is 14.8 Å². The molecule has 0 radical (unpaired) electrons. The van der Waals surface area contributed by atoms with E-state index in [-0.39, 0.29) is 0 Å². The fourth-order valence-electron chi connectivity index (χ4n) is 2.56. The number of benzene rings is 3. The Morgan fingerprint density at radius 2 is 1.50 bits per heavy atom. The summed E-state index contributed by atoms with van der Waals surface area (Å²) in [5.74, 6) is 0.814. The van der Waals surface area contributed by atoms with Gasteiger partial charge in [0.05, 0.1) is 18.5 Å². The first kappa shape index (κ1) is 16.3. The molecule has 3 aromatic carbocycles. The summed E-state index contributed by atoms with van der Waals surface area (Å²) in [6, 6.07) is 27.9. The molecule has 4 rings (SSSR count). The van der Waals surface area contributed by atoms with Crippen molar-refractivity contribution >= 4 is 17.0 Å². The van der Waals surface area contributed by atoms with Gasteiger partial charge in [-0.05, 0) is 36.4 Å². The number of rotatable bonds is 4. The largest absolute Gasteiger partial charge is 0.497 e. The first-order chi connectivity index (χ1) is 12.8. The van der Waals surface area contributed by atoms with Crippen LogP contribution in [0, 0.1) is 0 Å². The van der Waals surface area contributed by atoms with E-state index in [1.165, 1.54) is 0 Å². The predicted octanol–water partition coefficient (Wildman–Crippen LogP) is 4.84. The number of para-hydroxylation sites is 1. The fourth-order valence-corrected chi connectivity index (χ4v) is 3.49. The molecule has 128 valence electrons. The lowest BCUT2D eigenvalue weighted by Gasteiger charge is -2.03. The summed E-state index contributed by atoms with van der Waals surface area (Å²) in [6.45, 7) is 0. The molecular weight excluding hydrogens is 342 g/mol. The third kappa shape index (κ3) is 3.43. The number of nitrogens with zero attached hydrogens (tertiary/aromatic N) is 3. The smallest absolute Gasteiger partial charge is 0.213 e. The van der Waals surface area contributed by atoms with Crippen molar-refractivity contribution in [2.45, 2.75) is 0 Å². The lowest BCUT2D eigenvalue weighted by atomic mass is 10.2. The van der Waals surface area contributed by atoms with Crippen LogP contribution >= 0.6 is 11.3 Å². The van der Waals surface area contributed by atoms with E-state index in [1.54, 1.807) is 18.4 Å². The Hall–Kier alpha value is -3.18. The van der Waals surface area contributed by atoms with Gasteiger partial charge in [-0.3, -0.25) is 0 Å². The van der Waals surface area contributed by atoms with Crippen molar-refractivity contribution in [3.63, 3.8) is 0 Å². The molecule has 26 heavy (non-hydrogen) atoms. The Balaban J connectivity index is 1.87. The van der Waals surface area contributed by atoms with E-state index in [1.807, 2.05) is 77.5 Å². The van der Waals surface area contributed by atoms with E-state index in [2.05, 4.69) is 12.1 Å². The third-order valence-electron chi connectivity index (χ3n) is 3.88. The van der Waals surface area contributed by atoms with Crippen molar-refractivity contribution in [2.24, 2.45) is 4.99 Å². The minimum atomic E-state index is 0.814. The molecule has 4 nitrogen and oxygen atoms in total. The van der Waals surface area contributed by atoms with Gasteiger partial charge >= 0.3 is 0 Å². The maximum absolute atomic E-state index is 5.25. The standard InChI is InChI=1S/C21H17N3OS/c1-25-19-14-12-18(13-15-19)24-21(22-17-10-6-3-7-11-17)26-20(23-24)16-8-4-2-5-9-16/h2-15H,1H3. The maximum Gasteiger partial charge on any atom is 0.213 e. The molecule has 0 fully saturated rings. The number of ether oxygens (including phenoxy) is 1. The molecule has 0 aliphatic rings. The van der Waals surface area contributed by atoms with Crippen molar-refractivity contribution in [3.8, 4) is 22.0 Å². The number of hydrogen-bond acceptors (Lipinski definition) is 4. The zero-order valence-corrected chi connectivity index (χ0v) is 15.1. The van der Waals surface area contributed by atoms with Gasteiger partial charge in [0.1, 0.15) is 10.8 Å². The van der Waals surface area contributed by atoms with Crippen LogP contribution in [0.15, 0.2) is 89.9 Å². The van der Waals surface area contributed by atoms with E-state index in [9.17, 15) is 0 Å². The quantitative estimate of drug-likeness (QED) is 0.523. The molecule has 0 saturated carbocycles. The van der Waals surface area contributed by atoms with Gasteiger partial charge in [0.15, 0.2) is 0 Å². The summed E-state index contributed by atoms with van der Waals surface area (Å²) in [5, 5.41) is 5.73. The molecule has 0 unspecified atom stereocenters. The molecule has 0 bridgehead atoms. The highest BCUT2D eigenvalue weighted by atomic mass is 32.1. The highest BCUT2D eigenvalue weighted by Gasteiger charge is 2.09. The second kappa shape index (κ2) is 7.37. The number of aromatic nitrogens is 2. The number of methoxy groups -OCH3 is 1. The van der Waals surface area contributed by atoms with Crippen LogP contribution in [0.5, 0.6) is 5.75 Å². The summed E-state index contributed by atoms with van der Waals surface area (Å²) in [5.41, 5.74) is 2.92. The highest BCUT2D eigenvalue weighted by Crippen LogP contribution is 2.22. The van der Waals surface area contributed by atoms with Crippen LogP contribution in [0.1, 0.15) is 0 Å². The lowest BCUT2D eigenvalue weighted by molar-refractivity contribution is 0.414. The van der Waals surface area contributed by atoms with Gasteiger partial charge < -0.3 is 4.74 Å². The molecule has 0 aliphatic heterocycles. The SMILES string of the molecule is COc1ccc(-n2nc(-c3ccccc3)sc2=Nc2ccccc2)cc1. The van der Waals surface area contributed by atoms with Crippen LogP contribution in [0.25, 0.3) is 16.3 Å². The van der Waals surface area contributed by atoms with Crippen molar-refractivity contribution in [2.75, 3.05) is 7.11 Å². The molecule has 0 aliphatic carbocycles. The maximum atomic E-state index is 5.25. The minimum Gasteiger partial charge on any atom is -0.497 e. The zero-order valence-electron chi connectivity index (χ0n) is 14.2. The summed E-state index contributed by atoms with van der Waals surface area (Å²) in [4.78, 5) is 5.61. The average Bonchev–Trinajstić information content (AvgIpc) is 3.13. The molecule has 0 N–H and O–H groups in total. The Bertz CT molecular complexity index is 1050. The first-order valence-electron chi connectivity index (χ1n) is 8.23. The third-order valence-corrected chi connectivity index (χ3v) is 4.84. The molecule has 1 heterocycles. The lowest BCUT2D eigenvalue weighted by Crippen LogP contribution is -2.13. The van der Waals surface area contributed by atoms with Crippen molar-refractivity contribution in [1.29, 1.82) is 0 Å². The van der Waals surface area contributed by atoms with Gasteiger partial charge in [-0.25, -0.2) is 9.67 Å². The highest BCUT2D eigenvalue weighted by molar-refractivity contribution is 7.12. The van der Waals surface area contributed by atoms with Gasteiger partial charge in [0.2, 0.25) is 4.80 Å². The van der Waals surface area contributed by atoms with Crippen LogP contribution < -0.4 is 9.54 Å². The zero-order chi connectivity index (χ0) is 17.8. The van der Waals surface area contributed by atoms with Crippen LogP contribution in [-0.2, 0) is 0 Å².